The molecule has 0 aliphatic rings. The fraction of sp³-hybridized carbons (Fsp3) is 0.833. The number of rotatable bonds is 5. The van der Waals surface area contributed by atoms with Crippen molar-refractivity contribution in [2.75, 3.05) is 17.7 Å². The highest BCUT2D eigenvalue weighted by Crippen LogP contribution is 1.94. The van der Waals surface area contributed by atoms with Crippen LogP contribution in [0, 0.1) is 0 Å². The molecule has 0 aromatic carbocycles. The highest BCUT2D eigenvalue weighted by atomic mass is 79.9. The molecule has 0 unspecified atom stereocenters. The third-order valence-corrected chi connectivity index (χ3v) is 1.74. The topological polar surface area (TPSA) is 26.3 Å². The lowest BCUT2D eigenvalue weighted by molar-refractivity contribution is -0.140. The van der Waals surface area contributed by atoms with Crippen LogP contribution in [0.1, 0.15) is 12.8 Å². The molecule has 0 radical (unpaired) electrons. The third kappa shape index (κ3) is 6.42. The number of esters is 1. The van der Waals surface area contributed by atoms with Gasteiger partial charge in [0.15, 0.2) is 0 Å². The van der Waals surface area contributed by atoms with Crippen molar-refractivity contribution in [1.82, 2.24) is 0 Å². The van der Waals surface area contributed by atoms with Crippen LogP contribution in [0.3, 0.4) is 0 Å². The van der Waals surface area contributed by atoms with Gasteiger partial charge in [0.25, 0.3) is 0 Å². The number of hydrogen-bond acceptors (Lipinski definition) is 3. The van der Waals surface area contributed by atoms with Crippen LogP contribution in [0.4, 0.5) is 0 Å². The number of alkyl halides is 1. The maximum absolute atomic E-state index is 10.5. The zero-order valence-electron chi connectivity index (χ0n) is 5.68. The minimum absolute atomic E-state index is 0.175. The predicted molar refractivity (Wildman–Crippen MR) is 47.8 cm³/mol. The monoisotopic (exact) mass is 226 g/mol. The summed E-state index contributed by atoms with van der Waals surface area (Å²) in [5.41, 5.74) is 0. The van der Waals surface area contributed by atoms with Gasteiger partial charge in [-0.15, -0.1) is 0 Å². The van der Waals surface area contributed by atoms with Crippen LogP contribution in [0.2, 0.25) is 0 Å². The van der Waals surface area contributed by atoms with Crippen LogP contribution in [0.15, 0.2) is 0 Å². The van der Waals surface area contributed by atoms with Crippen molar-refractivity contribution in [3.05, 3.63) is 0 Å². The summed E-state index contributed by atoms with van der Waals surface area (Å²) in [7, 11) is 0. The molecular weight excluding hydrogens is 216 g/mol. The zero-order chi connectivity index (χ0) is 7.82. The van der Waals surface area contributed by atoms with Crippen molar-refractivity contribution in [3.63, 3.8) is 0 Å². The van der Waals surface area contributed by atoms with E-state index in [0.29, 0.717) is 6.61 Å². The van der Waals surface area contributed by atoms with Crippen molar-refractivity contribution < 1.29 is 9.53 Å². The highest BCUT2D eigenvalue weighted by Gasteiger charge is 1.96. The minimum atomic E-state index is -0.238. The maximum atomic E-state index is 10.5. The Hall–Kier alpha value is 0.300. The molecule has 4 heteroatoms. The maximum Gasteiger partial charge on any atom is 0.315 e. The van der Waals surface area contributed by atoms with E-state index in [-0.39, 0.29) is 11.7 Å². The first-order valence-electron chi connectivity index (χ1n) is 3.13. The Morgan fingerprint density at radius 1 is 1.50 bits per heavy atom. The van der Waals surface area contributed by atoms with Gasteiger partial charge in [-0.2, -0.15) is 12.6 Å². The Morgan fingerprint density at radius 3 is 2.70 bits per heavy atom. The van der Waals surface area contributed by atoms with Crippen LogP contribution >= 0.6 is 28.6 Å². The Kier molecular flexibility index (Phi) is 7.63. The van der Waals surface area contributed by atoms with Gasteiger partial charge in [-0.05, 0) is 12.8 Å². The Balaban J connectivity index is 2.96. The molecule has 0 N–H and O–H groups in total. The van der Waals surface area contributed by atoms with E-state index in [1.165, 1.54) is 0 Å². The van der Waals surface area contributed by atoms with Crippen LogP contribution < -0.4 is 0 Å². The van der Waals surface area contributed by atoms with E-state index in [1.807, 2.05) is 0 Å². The summed E-state index contributed by atoms with van der Waals surface area (Å²) in [6.07, 6.45) is 1.96. The van der Waals surface area contributed by atoms with Crippen LogP contribution in [0.5, 0.6) is 0 Å². The second kappa shape index (κ2) is 7.41. The van der Waals surface area contributed by atoms with E-state index < -0.39 is 0 Å². The number of halogens is 1. The Labute approximate surface area is 74.9 Å². The van der Waals surface area contributed by atoms with Gasteiger partial charge in [-0.1, -0.05) is 15.9 Å². The molecule has 0 aliphatic heterocycles. The van der Waals surface area contributed by atoms with Crippen molar-refractivity contribution in [1.29, 1.82) is 0 Å². The Morgan fingerprint density at radius 2 is 2.20 bits per heavy atom. The first-order valence-corrected chi connectivity index (χ1v) is 4.89. The lowest BCUT2D eigenvalue weighted by Gasteiger charge is -1.99. The third-order valence-electron chi connectivity index (χ3n) is 0.920. The van der Waals surface area contributed by atoms with Gasteiger partial charge in [-0.25, -0.2) is 0 Å². The first-order chi connectivity index (χ1) is 4.81. The first kappa shape index (κ1) is 10.3. The smallest absolute Gasteiger partial charge is 0.315 e. The average molecular weight is 227 g/mol. The number of unbranched alkanes of at least 4 members (excludes halogenated alkanes) is 1. The summed E-state index contributed by atoms with van der Waals surface area (Å²) in [5, 5.41) is 0.964. The number of thiol groups is 1. The summed E-state index contributed by atoms with van der Waals surface area (Å²) in [6, 6.07) is 0. The molecule has 2 nitrogen and oxygen atoms in total. The van der Waals surface area contributed by atoms with E-state index in [0.717, 1.165) is 18.2 Å². The summed E-state index contributed by atoms with van der Waals surface area (Å²) < 4.78 is 4.76. The molecule has 60 valence electrons. The number of ether oxygens (including phenoxy) is 1. The fourth-order valence-electron chi connectivity index (χ4n) is 0.428. The van der Waals surface area contributed by atoms with Gasteiger partial charge < -0.3 is 4.74 Å². The molecule has 0 spiro atoms. The predicted octanol–water partition coefficient (Wildman–Crippen LogP) is 1.63. The van der Waals surface area contributed by atoms with Crippen molar-refractivity contribution in [3.8, 4) is 0 Å². The average Bonchev–Trinajstić information content (AvgIpc) is 1.98. The molecule has 0 aromatic heterocycles. The molecule has 0 saturated carbocycles. The number of carbonyl (C=O) groups excluding carboxylic acids is 1. The van der Waals surface area contributed by atoms with Crippen molar-refractivity contribution >= 4 is 34.5 Å². The summed E-state index contributed by atoms with van der Waals surface area (Å²) in [6.45, 7) is 0.519. The zero-order valence-corrected chi connectivity index (χ0v) is 8.16. The van der Waals surface area contributed by atoms with E-state index in [2.05, 4.69) is 28.6 Å². The number of hydrogen-bond donors (Lipinski definition) is 1. The Bertz CT molecular complexity index is 97.7. The van der Waals surface area contributed by atoms with Crippen molar-refractivity contribution in [2.45, 2.75) is 12.8 Å². The quantitative estimate of drug-likeness (QED) is 0.334. The second-order valence-corrected chi connectivity index (χ2v) is 2.88. The SMILES string of the molecule is O=C(CS)OCCCCBr. The van der Waals surface area contributed by atoms with E-state index in [4.69, 9.17) is 4.74 Å². The van der Waals surface area contributed by atoms with Crippen molar-refractivity contribution in [2.24, 2.45) is 0 Å². The van der Waals surface area contributed by atoms with Gasteiger partial charge >= 0.3 is 5.97 Å². The summed E-state index contributed by atoms with van der Waals surface area (Å²) in [4.78, 5) is 10.5. The molecule has 0 fully saturated rings. The molecule has 10 heavy (non-hydrogen) atoms. The van der Waals surface area contributed by atoms with Gasteiger partial charge in [0.05, 0.1) is 12.4 Å². The molecular formula is C6H11BrO2S. The summed E-state index contributed by atoms with van der Waals surface area (Å²) >= 11 is 7.03. The molecule has 0 rings (SSSR count). The molecule has 0 saturated heterocycles. The number of carbonyl (C=O) groups is 1. The van der Waals surface area contributed by atoms with Gasteiger partial charge in [0.1, 0.15) is 0 Å². The fourth-order valence-corrected chi connectivity index (χ4v) is 0.916. The standard InChI is InChI=1S/C6H11BrO2S/c7-3-1-2-4-9-6(8)5-10/h10H,1-5H2. The normalized spacial score (nSPS) is 9.40. The van der Waals surface area contributed by atoms with E-state index >= 15 is 0 Å². The lowest BCUT2D eigenvalue weighted by atomic mass is 10.4. The van der Waals surface area contributed by atoms with Crippen LogP contribution in [0.25, 0.3) is 0 Å². The molecule has 0 heterocycles. The van der Waals surface area contributed by atoms with E-state index in [1.54, 1.807) is 0 Å². The van der Waals surface area contributed by atoms with Crippen LogP contribution in [-0.4, -0.2) is 23.7 Å². The molecule has 0 aromatic rings. The summed E-state index contributed by atoms with van der Waals surface area (Å²) in [5.74, 6) is -0.0631. The highest BCUT2D eigenvalue weighted by molar-refractivity contribution is 9.09. The lowest BCUT2D eigenvalue weighted by Crippen LogP contribution is -2.06. The molecule has 0 atom stereocenters. The second-order valence-electron chi connectivity index (χ2n) is 1.77. The van der Waals surface area contributed by atoms with Gasteiger partial charge in [0.2, 0.25) is 0 Å². The molecule has 0 aliphatic carbocycles. The minimum Gasteiger partial charge on any atom is -0.465 e. The molecule has 0 amide bonds. The van der Waals surface area contributed by atoms with Gasteiger partial charge in [-0.3, -0.25) is 4.79 Å². The largest absolute Gasteiger partial charge is 0.465 e. The van der Waals surface area contributed by atoms with E-state index in [9.17, 15) is 4.79 Å². The molecule has 0 bridgehead atoms. The van der Waals surface area contributed by atoms with Crippen LogP contribution in [-0.2, 0) is 9.53 Å². The van der Waals surface area contributed by atoms with Gasteiger partial charge in [0, 0.05) is 5.33 Å².